The van der Waals surface area contributed by atoms with Crippen molar-refractivity contribution in [3.05, 3.63) is 60.2 Å². The van der Waals surface area contributed by atoms with Crippen molar-refractivity contribution in [1.82, 2.24) is 24.5 Å². The van der Waals surface area contributed by atoms with Gasteiger partial charge in [-0.15, -0.1) is 0 Å². The van der Waals surface area contributed by atoms with Crippen molar-refractivity contribution in [2.24, 2.45) is 0 Å². The summed E-state index contributed by atoms with van der Waals surface area (Å²) in [5.74, 6) is -0.269. The minimum absolute atomic E-state index is 0.269. The van der Waals surface area contributed by atoms with Crippen LogP contribution in [0.25, 0.3) is 28.1 Å². The molecule has 148 valence electrons. The van der Waals surface area contributed by atoms with E-state index in [0.29, 0.717) is 6.04 Å². The number of aromatic nitrogens is 5. The lowest BCUT2D eigenvalue weighted by Gasteiger charge is -2.22. The Hall–Kier alpha value is -3.06. The minimum Gasteiger partial charge on any atom is -0.381 e. The Morgan fingerprint density at radius 1 is 1.07 bits per heavy atom. The van der Waals surface area contributed by atoms with Gasteiger partial charge in [0.15, 0.2) is 5.65 Å². The molecule has 0 radical (unpaired) electrons. The highest BCUT2D eigenvalue weighted by Gasteiger charge is 2.22. The molecule has 1 aromatic carbocycles. The largest absolute Gasteiger partial charge is 0.381 e. The highest BCUT2D eigenvalue weighted by atomic mass is 19.1. The van der Waals surface area contributed by atoms with Crippen LogP contribution in [0.5, 0.6) is 0 Å². The number of benzene rings is 1. The van der Waals surface area contributed by atoms with E-state index in [2.05, 4.69) is 22.8 Å². The van der Waals surface area contributed by atoms with Gasteiger partial charge >= 0.3 is 0 Å². The molecule has 1 saturated heterocycles. The quantitative estimate of drug-likeness (QED) is 0.519. The van der Waals surface area contributed by atoms with Crippen LogP contribution >= 0.6 is 0 Å². The zero-order valence-corrected chi connectivity index (χ0v) is 16.3. The van der Waals surface area contributed by atoms with E-state index in [1.807, 2.05) is 12.1 Å². The van der Waals surface area contributed by atoms with Crippen LogP contribution in [0.1, 0.15) is 31.5 Å². The van der Waals surface area contributed by atoms with Crippen LogP contribution < -0.4 is 0 Å². The number of halogens is 1. The van der Waals surface area contributed by atoms with Crippen molar-refractivity contribution < 1.29 is 9.13 Å². The second-order valence-electron chi connectivity index (χ2n) is 7.26. The Bertz CT molecular complexity index is 1140. The molecule has 6 nitrogen and oxygen atoms in total. The van der Waals surface area contributed by atoms with E-state index in [4.69, 9.17) is 14.8 Å². The van der Waals surface area contributed by atoms with Gasteiger partial charge in [0, 0.05) is 18.6 Å². The van der Waals surface area contributed by atoms with Gasteiger partial charge in [0.2, 0.25) is 0 Å². The fourth-order valence-electron chi connectivity index (χ4n) is 3.95. The van der Waals surface area contributed by atoms with Crippen molar-refractivity contribution in [1.29, 1.82) is 0 Å². The summed E-state index contributed by atoms with van der Waals surface area (Å²) < 4.78 is 22.7. The number of fused-ring (bicyclic) bond motifs is 1. The first-order valence-corrected chi connectivity index (χ1v) is 10.0. The van der Waals surface area contributed by atoms with E-state index < -0.39 is 0 Å². The van der Waals surface area contributed by atoms with Gasteiger partial charge in [-0.3, -0.25) is 0 Å². The average molecular weight is 391 g/mol. The van der Waals surface area contributed by atoms with Crippen LogP contribution in [0.15, 0.2) is 48.7 Å². The molecule has 0 spiro atoms. The lowest BCUT2D eigenvalue weighted by Crippen LogP contribution is -2.21. The molecule has 4 heterocycles. The van der Waals surface area contributed by atoms with E-state index in [-0.39, 0.29) is 5.82 Å². The van der Waals surface area contributed by atoms with Crippen molar-refractivity contribution >= 4 is 11.0 Å². The predicted octanol–water partition coefficient (Wildman–Crippen LogP) is 4.34. The van der Waals surface area contributed by atoms with Crippen molar-refractivity contribution in [3.8, 4) is 17.1 Å². The second kappa shape index (κ2) is 7.40. The molecule has 0 aliphatic carbocycles. The third-order valence-electron chi connectivity index (χ3n) is 5.48. The Labute approximate surface area is 167 Å². The zero-order chi connectivity index (χ0) is 19.8. The van der Waals surface area contributed by atoms with Gasteiger partial charge < -0.3 is 4.74 Å². The molecule has 1 aliphatic rings. The highest BCUT2D eigenvalue weighted by Crippen LogP contribution is 2.29. The molecule has 4 aromatic rings. The first-order chi connectivity index (χ1) is 14.2. The summed E-state index contributed by atoms with van der Waals surface area (Å²) in [6.45, 7) is 3.63. The van der Waals surface area contributed by atoms with Gasteiger partial charge in [0.25, 0.3) is 0 Å². The van der Waals surface area contributed by atoms with Crippen LogP contribution in [0, 0.1) is 5.82 Å². The Morgan fingerprint density at radius 3 is 2.62 bits per heavy atom. The summed E-state index contributed by atoms with van der Waals surface area (Å²) in [7, 11) is 0. The first kappa shape index (κ1) is 18.0. The molecule has 0 unspecified atom stereocenters. The van der Waals surface area contributed by atoms with Crippen LogP contribution in [0.4, 0.5) is 4.39 Å². The minimum atomic E-state index is -0.269. The summed E-state index contributed by atoms with van der Waals surface area (Å²) in [5, 5.41) is 10.4. The molecule has 0 saturated carbocycles. The molecule has 3 aromatic heterocycles. The van der Waals surface area contributed by atoms with Crippen LogP contribution in [0.2, 0.25) is 0 Å². The molecule has 0 bridgehead atoms. The van der Waals surface area contributed by atoms with Gasteiger partial charge in [0.1, 0.15) is 5.82 Å². The normalized spacial score (nSPS) is 15.2. The maximum absolute atomic E-state index is 13.3. The molecule has 5 rings (SSSR count). The molecule has 29 heavy (non-hydrogen) atoms. The summed E-state index contributed by atoms with van der Waals surface area (Å²) >= 11 is 0. The van der Waals surface area contributed by atoms with Crippen molar-refractivity contribution in [2.75, 3.05) is 13.2 Å². The summed E-state index contributed by atoms with van der Waals surface area (Å²) in [4.78, 5) is 4.99. The molecule has 7 heteroatoms. The molecule has 0 N–H and O–H groups in total. The number of hydrogen-bond acceptors (Lipinski definition) is 4. The lowest BCUT2D eigenvalue weighted by atomic mass is 10.1. The van der Waals surface area contributed by atoms with E-state index in [0.717, 1.165) is 66.3 Å². The van der Waals surface area contributed by atoms with Gasteiger partial charge in [0.05, 0.1) is 35.0 Å². The number of hydrogen-bond donors (Lipinski definition) is 0. The maximum Gasteiger partial charge on any atom is 0.159 e. The number of aryl methyl sites for hydroxylation is 1. The third-order valence-corrected chi connectivity index (χ3v) is 5.48. The topological polar surface area (TPSA) is 57.8 Å². The summed E-state index contributed by atoms with van der Waals surface area (Å²) in [5.41, 5.74) is 4.43. The van der Waals surface area contributed by atoms with Crippen molar-refractivity contribution in [2.45, 2.75) is 32.2 Å². The average Bonchev–Trinajstić information content (AvgIpc) is 3.39. The molecule has 1 fully saturated rings. The van der Waals surface area contributed by atoms with Crippen LogP contribution in [-0.4, -0.2) is 37.8 Å². The second-order valence-corrected chi connectivity index (χ2v) is 7.26. The molecule has 0 atom stereocenters. The molecule has 0 amide bonds. The fourth-order valence-corrected chi connectivity index (χ4v) is 3.95. The number of pyridine rings is 1. The maximum atomic E-state index is 13.3. The Morgan fingerprint density at radius 2 is 1.86 bits per heavy atom. The van der Waals surface area contributed by atoms with E-state index in [9.17, 15) is 4.39 Å². The SMILES string of the molecule is CCc1nn(C2CCOCC2)c2nc(-c3ccnn3-c3ccc(F)cc3)ccc12. The van der Waals surface area contributed by atoms with Crippen LogP contribution in [-0.2, 0) is 11.2 Å². The summed E-state index contributed by atoms with van der Waals surface area (Å²) in [6.07, 6.45) is 4.48. The molecular weight excluding hydrogens is 369 g/mol. The van der Waals surface area contributed by atoms with Crippen LogP contribution in [0.3, 0.4) is 0 Å². The number of rotatable bonds is 4. The summed E-state index contributed by atoms with van der Waals surface area (Å²) in [6, 6.07) is 12.6. The van der Waals surface area contributed by atoms with Gasteiger partial charge in [-0.1, -0.05) is 6.92 Å². The van der Waals surface area contributed by atoms with Gasteiger partial charge in [-0.2, -0.15) is 10.2 Å². The molecular formula is C22H22FN5O. The smallest absolute Gasteiger partial charge is 0.159 e. The zero-order valence-electron chi connectivity index (χ0n) is 16.3. The number of ether oxygens (including phenoxy) is 1. The Balaban J connectivity index is 1.62. The molecule has 1 aliphatic heterocycles. The lowest BCUT2D eigenvalue weighted by molar-refractivity contribution is 0.0672. The third kappa shape index (κ3) is 3.21. The highest BCUT2D eigenvalue weighted by molar-refractivity contribution is 5.81. The standard InChI is InChI=1S/C22H22FN5O/c1-2-19-18-7-8-20(25-22(18)28(26-19)17-10-13-29-14-11-17)21-9-12-24-27(21)16-5-3-15(23)4-6-16/h3-9,12,17H,2,10-11,13-14H2,1H3. The van der Waals surface area contributed by atoms with E-state index in [1.54, 1.807) is 23.0 Å². The fraction of sp³-hybridized carbons (Fsp3) is 0.318. The Kier molecular flexibility index (Phi) is 4.60. The van der Waals surface area contributed by atoms with E-state index in [1.165, 1.54) is 12.1 Å². The first-order valence-electron chi connectivity index (χ1n) is 10.0. The van der Waals surface area contributed by atoms with Crippen molar-refractivity contribution in [3.63, 3.8) is 0 Å². The van der Waals surface area contributed by atoms with Gasteiger partial charge in [-0.05, 0) is 61.7 Å². The predicted molar refractivity (Wildman–Crippen MR) is 109 cm³/mol. The number of nitrogens with zero attached hydrogens (tertiary/aromatic N) is 5. The monoisotopic (exact) mass is 391 g/mol. The van der Waals surface area contributed by atoms with Gasteiger partial charge in [-0.25, -0.2) is 18.7 Å². The van der Waals surface area contributed by atoms with E-state index >= 15 is 0 Å².